The quantitative estimate of drug-likeness (QED) is 0.169. The monoisotopic (exact) mass is 766 g/mol. The summed E-state index contributed by atoms with van der Waals surface area (Å²) in [6.07, 6.45) is 0. The molecule has 3 heterocycles. The maximum Gasteiger partial charge on any atom is 0.238 e. The number of aromatic nitrogens is 4. The molecule has 0 saturated carbocycles. The molecule has 0 saturated heterocycles. The molecule has 60 heavy (non-hydrogen) atoms. The molecule has 5 nitrogen and oxygen atoms in total. The first kappa shape index (κ1) is 33.9. The Balaban J connectivity index is 1.15. The molecule has 0 bridgehead atoms. The van der Waals surface area contributed by atoms with Crippen molar-refractivity contribution in [3.63, 3.8) is 0 Å². The van der Waals surface area contributed by atoms with Crippen LogP contribution in [0.15, 0.2) is 211 Å². The molecule has 12 aromatic rings. The van der Waals surface area contributed by atoms with Gasteiger partial charge in [0.05, 0.1) is 11.0 Å². The number of furan rings is 1. The van der Waals surface area contributed by atoms with Crippen molar-refractivity contribution in [1.82, 2.24) is 19.5 Å². The molecular weight excluding hydrogens is 733 g/mol. The second-order valence-corrected chi connectivity index (χ2v) is 15.1. The topological polar surface area (TPSA) is 56.7 Å². The lowest BCUT2D eigenvalue weighted by atomic mass is 9.98. The SMILES string of the molecule is c1ccc(-c2ccc(-c3nc(-c4ccccc4)nc(-n4c5ccc6ccccc6c5c5cccc(-c6cccc7c6oc6c(-c8ccccc8)cccc67)c54)n3)cc2)cc1. The van der Waals surface area contributed by atoms with Crippen LogP contribution in [0.4, 0.5) is 0 Å². The summed E-state index contributed by atoms with van der Waals surface area (Å²) in [5, 5.41) is 6.73. The van der Waals surface area contributed by atoms with Crippen molar-refractivity contribution >= 4 is 54.5 Å². The fourth-order valence-electron chi connectivity index (χ4n) is 8.89. The lowest BCUT2D eigenvalue weighted by molar-refractivity contribution is 0.671. The molecule has 0 atom stereocenters. The third kappa shape index (κ3) is 5.44. The summed E-state index contributed by atoms with van der Waals surface area (Å²) in [5.41, 5.74) is 12.0. The zero-order valence-electron chi connectivity index (χ0n) is 32.3. The van der Waals surface area contributed by atoms with Crippen molar-refractivity contribution in [2.75, 3.05) is 0 Å². The van der Waals surface area contributed by atoms with Crippen LogP contribution in [0.2, 0.25) is 0 Å². The van der Waals surface area contributed by atoms with Gasteiger partial charge in [-0.05, 0) is 33.5 Å². The van der Waals surface area contributed by atoms with Crippen molar-refractivity contribution in [2.24, 2.45) is 0 Å². The molecule has 0 amide bonds. The Morgan fingerprint density at radius 1 is 0.333 bits per heavy atom. The molecule has 9 aromatic carbocycles. The average Bonchev–Trinajstić information content (AvgIpc) is 3.89. The summed E-state index contributed by atoms with van der Waals surface area (Å²) in [5.74, 6) is 1.74. The van der Waals surface area contributed by atoms with Crippen molar-refractivity contribution < 1.29 is 4.42 Å². The highest BCUT2D eigenvalue weighted by Crippen LogP contribution is 2.45. The molecule has 5 heteroatoms. The van der Waals surface area contributed by atoms with Crippen molar-refractivity contribution in [3.8, 4) is 62.1 Å². The zero-order chi connectivity index (χ0) is 39.6. The molecule has 0 aliphatic rings. The van der Waals surface area contributed by atoms with Crippen LogP contribution in [0.1, 0.15) is 0 Å². The fraction of sp³-hybridized carbons (Fsp3) is 0. The minimum Gasteiger partial charge on any atom is -0.455 e. The fourth-order valence-corrected chi connectivity index (χ4v) is 8.89. The van der Waals surface area contributed by atoms with Gasteiger partial charge in [-0.25, -0.2) is 4.98 Å². The summed E-state index contributed by atoms with van der Waals surface area (Å²) in [6.45, 7) is 0. The standard InChI is InChI=1S/C55H34N4O/c1-4-15-35(16-5-1)36-29-31-40(32-30-36)54-56-53(39-20-8-3-9-21-39)57-55(58-54)59-48-34-33-38-19-10-11-22-41(38)49(48)47-28-13-24-43(50(47)59)44-25-14-27-46-45-26-12-23-42(51(45)60-52(44)46)37-17-6-2-7-18-37/h1-34H. The van der Waals surface area contributed by atoms with Crippen LogP contribution in [0.25, 0.3) is 117 Å². The predicted octanol–water partition coefficient (Wildman–Crippen LogP) is 14.4. The Hall–Kier alpha value is -8.15. The Labute approximate surface area is 345 Å². The van der Waals surface area contributed by atoms with Gasteiger partial charge in [-0.2, -0.15) is 9.97 Å². The smallest absolute Gasteiger partial charge is 0.238 e. The number of para-hydroxylation sites is 3. The van der Waals surface area contributed by atoms with E-state index in [1.165, 1.54) is 10.8 Å². The van der Waals surface area contributed by atoms with Gasteiger partial charge < -0.3 is 4.42 Å². The number of fused-ring (bicyclic) bond motifs is 8. The van der Waals surface area contributed by atoms with E-state index in [9.17, 15) is 0 Å². The van der Waals surface area contributed by atoms with Gasteiger partial charge >= 0.3 is 0 Å². The molecule has 280 valence electrons. The van der Waals surface area contributed by atoms with Crippen LogP contribution in [0, 0.1) is 0 Å². The molecule has 0 aliphatic heterocycles. The Bertz CT molecular complexity index is 3570. The molecule has 0 N–H and O–H groups in total. The maximum absolute atomic E-state index is 7.01. The van der Waals surface area contributed by atoms with Gasteiger partial charge in [-0.1, -0.05) is 200 Å². The van der Waals surface area contributed by atoms with E-state index in [2.05, 4.69) is 180 Å². The van der Waals surface area contributed by atoms with E-state index in [1.807, 2.05) is 30.3 Å². The zero-order valence-corrected chi connectivity index (χ0v) is 32.3. The first-order valence-electron chi connectivity index (χ1n) is 20.2. The Kier molecular flexibility index (Phi) is 7.78. The van der Waals surface area contributed by atoms with Crippen molar-refractivity contribution in [1.29, 1.82) is 0 Å². The lowest BCUT2D eigenvalue weighted by Gasteiger charge is -2.13. The van der Waals surface area contributed by atoms with E-state index in [0.29, 0.717) is 17.6 Å². The number of hydrogen-bond acceptors (Lipinski definition) is 4. The van der Waals surface area contributed by atoms with Crippen LogP contribution in [0.5, 0.6) is 0 Å². The van der Waals surface area contributed by atoms with Crippen molar-refractivity contribution in [2.45, 2.75) is 0 Å². The number of hydrogen-bond donors (Lipinski definition) is 0. The summed E-state index contributed by atoms with van der Waals surface area (Å²) in [6, 6.07) is 72.0. The Morgan fingerprint density at radius 3 is 1.53 bits per heavy atom. The highest BCUT2D eigenvalue weighted by molar-refractivity contribution is 6.24. The van der Waals surface area contributed by atoms with E-state index in [-0.39, 0.29) is 0 Å². The normalized spacial score (nSPS) is 11.7. The second kappa shape index (κ2) is 13.8. The van der Waals surface area contributed by atoms with E-state index in [1.54, 1.807) is 0 Å². The molecule has 12 rings (SSSR count). The molecule has 0 aliphatic carbocycles. The van der Waals surface area contributed by atoms with Gasteiger partial charge in [0, 0.05) is 49.4 Å². The third-order valence-corrected chi connectivity index (χ3v) is 11.7. The van der Waals surface area contributed by atoms with Crippen molar-refractivity contribution in [3.05, 3.63) is 206 Å². The lowest BCUT2D eigenvalue weighted by Crippen LogP contribution is -2.07. The van der Waals surface area contributed by atoms with Gasteiger partial charge in [0.2, 0.25) is 5.95 Å². The summed E-state index contributed by atoms with van der Waals surface area (Å²) in [7, 11) is 0. The van der Waals surface area contributed by atoms with Gasteiger partial charge in [0.25, 0.3) is 0 Å². The van der Waals surface area contributed by atoms with E-state index in [4.69, 9.17) is 19.4 Å². The number of nitrogens with zero attached hydrogens (tertiary/aromatic N) is 4. The summed E-state index contributed by atoms with van der Waals surface area (Å²) < 4.78 is 9.24. The number of rotatable bonds is 6. The number of benzene rings is 9. The maximum atomic E-state index is 7.01. The molecule has 0 radical (unpaired) electrons. The van der Waals surface area contributed by atoms with Crippen LogP contribution in [0.3, 0.4) is 0 Å². The van der Waals surface area contributed by atoms with Crippen LogP contribution in [-0.2, 0) is 0 Å². The molecule has 0 fully saturated rings. The molecule has 3 aromatic heterocycles. The molecule has 0 unspecified atom stereocenters. The molecular formula is C55H34N4O. The van der Waals surface area contributed by atoms with Gasteiger partial charge in [0.15, 0.2) is 11.6 Å². The predicted molar refractivity (Wildman–Crippen MR) is 246 cm³/mol. The highest BCUT2D eigenvalue weighted by Gasteiger charge is 2.24. The van der Waals surface area contributed by atoms with Gasteiger partial charge in [-0.15, -0.1) is 0 Å². The summed E-state index contributed by atoms with van der Waals surface area (Å²) >= 11 is 0. The summed E-state index contributed by atoms with van der Waals surface area (Å²) in [4.78, 5) is 15.8. The minimum atomic E-state index is 0.539. The van der Waals surface area contributed by atoms with E-state index in [0.717, 1.165) is 88.3 Å². The van der Waals surface area contributed by atoms with Crippen LogP contribution in [-0.4, -0.2) is 19.5 Å². The third-order valence-electron chi connectivity index (χ3n) is 11.7. The first-order chi connectivity index (χ1) is 29.8. The minimum absolute atomic E-state index is 0.539. The van der Waals surface area contributed by atoms with Crippen LogP contribution < -0.4 is 0 Å². The average molecular weight is 767 g/mol. The van der Waals surface area contributed by atoms with Gasteiger partial charge in [-0.3, -0.25) is 4.57 Å². The van der Waals surface area contributed by atoms with E-state index < -0.39 is 0 Å². The van der Waals surface area contributed by atoms with Gasteiger partial charge in [0.1, 0.15) is 11.2 Å². The highest BCUT2D eigenvalue weighted by atomic mass is 16.3. The van der Waals surface area contributed by atoms with Crippen LogP contribution >= 0.6 is 0 Å². The second-order valence-electron chi connectivity index (χ2n) is 15.1. The largest absolute Gasteiger partial charge is 0.455 e. The Morgan fingerprint density at radius 2 is 0.833 bits per heavy atom. The first-order valence-corrected chi connectivity index (χ1v) is 20.2. The molecule has 0 spiro atoms. The van der Waals surface area contributed by atoms with E-state index >= 15 is 0 Å².